The molecule has 2 atom stereocenters. The number of furan rings is 1. The van der Waals surface area contributed by atoms with Crippen LogP contribution in [0.1, 0.15) is 48.2 Å². The Hall–Kier alpha value is -1.37. The number of aliphatic hydroxyl groups excluding tert-OH is 1. The molecule has 23 heavy (non-hydrogen) atoms. The van der Waals surface area contributed by atoms with Crippen molar-refractivity contribution in [3.63, 3.8) is 0 Å². The third-order valence-electron chi connectivity index (χ3n) is 4.81. The van der Waals surface area contributed by atoms with Gasteiger partial charge in [0.2, 0.25) is 5.76 Å². The Balaban J connectivity index is 2.00. The van der Waals surface area contributed by atoms with E-state index in [1.165, 1.54) is 7.11 Å². The molecule has 0 amide bonds. The van der Waals surface area contributed by atoms with Gasteiger partial charge < -0.3 is 14.3 Å². The minimum atomic E-state index is -0.431. The molecule has 1 fully saturated rings. The number of hydrogen-bond acceptors (Lipinski definition) is 6. The van der Waals surface area contributed by atoms with E-state index in [1.54, 1.807) is 0 Å². The van der Waals surface area contributed by atoms with Crippen molar-refractivity contribution < 1.29 is 19.1 Å². The van der Waals surface area contributed by atoms with E-state index in [2.05, 4.69) is 23.6 Å². The van der Waals surface area contributed by atoms with Gasteiger partial charge in [0.05, 0.1) is 19.8 Å². The molecular formula is C17H28N2O4. The summed E-state index contributed by atoms with van der Waals surface area (Å²) in [6.45, 7) is 9.99. The van der Waals surface area contributed by atoms with Gasteiger partial charge in [-0.2, -0.15) is 0 Å². The van der Waals surface area contributed by atoms with Gasteiger partial charge in [0.1, 0.15) is 5.76 Å². The van der Waals surface area contributed by atoms with Crippen molar-refractivity contribution in [2.24, 2.45) is 0 Å². The zero-order chi connectivity index (χ0) is 17.0. The number of nitrogens with zero attached hydrogens (tertiary/aromatic N) is 2. The van der Waals surface area contributed by atoms with Crippen molar-refractivity contribution in [2.75, 3.05) is 39.9 Å². The highest BCUT2D eigenvalue weighted by Crippen LogP contribution is 2.27. The summed E-state index contributed by atoms with van der Waals surface area (Å²) in [4.78, 5) is 16.4. The number of esters is 1. The molecule has 1 aromatic heterocycles. The highest BCUT2D eigenvalue weighted by molar-refractivity contribution is 5.87. The third kappa shape index (κ3) is 3.94. The van der Waals surface area contributed by atoms with E-state index < -0.39 is 5.97 Å². The molecule has 1 saturated heterocycles. The summed E-state index contributed by atoms with van der Waals surface area (Å²) in [5.74, 6) is 0.657. The first-order valence-electron chi connectivity index (χ1n) is 8.29. The first-order chi connectivity index (χ1) is 11.0. The van der Waals surface area contributed by atoms with Crippen LogP contribution in [-0.2, 0) is 4.74 Å². The number of carbonyl (C=O) groups excluding carboxylic acids is 1. The number of ether oxygens (including phenoxy) is 1. The molecule has 0 radical (unpaired) electrons. The predicted molar refractivity (Wildman–Crippen MR) is 87.5 cm³/mol. The fourth-order valence-corrected chi connectivity index (χ4v) is 3.18. The molecular weight excluding hydrogens is 296 g/mol. The van der Waals surface area contributed by atoms with Crippen molar-refractivity contribution in [2.45, 2.75) is 39.3 Å². The molecule has 0 bridgehead atoms. The Morgan fingerprint density at radius 2 is 1.96 bits per heavy atom. The standard InChI is InChI=1S/C17H28N2O4/c1-5-14(11-20)19-8-6-18(7-9-19)13(3)15-10-12(2)16(23-15)17(21)22-4/h10,13-14,20H,5-9,11H2,1-4H3. The molecule has 130 valence electrons. The highest BCUT2D eigenvalue weighted by atomic mass is 16.5. The topological polar surface area (TPSA) is 66.2 Å². The lowest BCUT2D eigenvalue weighted by molar-refractivity contribution is 0.0430. The lowest BCUT2D eigenvalue weighted by Gasteiger charge is -2.40. The highest BCUT2D eigenvalue weighted by Gasteiger charge is 2.28. The summed E-state index contributed by atoms with van der Waals surface area (Å²) in [6, 6.07) is 2.29. The van der Waals surface area contributed by atoms with Crippen LogP contribution in [0.4, 0.5) is 0 Å². The second kappa shape index (κ2) is 7.95. The van der Waals surface area contributed by atoms with Gasteiger partial charge in [-0.05, 0) is 26.3 Å². The molecule has 6 nitrogen and oxygen atoms in total. The van der Waals surface area contributed by atoms with E-state index >= 15 is 0 Å². The Labute approximate surface area is 138 Å². The van der Waals surface area contributed by atoms with Crippen LogP contribution in [0.3, 0.4) is 0 Å². The fraction of sp³-hybridized carbons (Fsp3) is 0.706. The molecule has 1 aromatic rings. The minimum Gasteiger partial charge on any atom is -0.463 e. The van der Waals surface area contributed by atoms with Gasteiger partial charge in [-0.3, -0.25) is 9.80 Å². The molecule has 2 rings (SSSR count). The van der Waals surface area contributed by atoms with Crippen LogP contribution >= 0.6 is 0 Å². The van der Waals surface area contributed by atoms with E-state index in [0.29, 0.717) is 5.76 Å². The van der Waals surface area contributed by atoms with Crippen LogP contribution in [0.2, 0.25) is 0 Å². The van der Waals surface area contributed by atoms with Gasteiger partial charge in [0.25, 0.3) is 0 Å². The number of hydrogen-bond donors (Lipinski definition) is 1. The second-order valence-electron chi connectivity index (χ2n) is 6.15. The van der Waals surface area contributed by atoms with E-state index in [1.807, 2.05) is 13.0 Å². The van der Waals surface area contributed by atoms with Crippen molar-refractivity contribution in [3.8, 4) is 0 Å². The van der Waals surface area contributed by atoms with Crippen molar-refractivity contribution in [1.29, 1.82) is 0 Å². The Kier molecular flexibility index (Phi) is 6.21. The first-order valence-corrected chi connectivity index (χ1v) is 8.29. The normalized spacial score (nSPS) is 19.5. The Morgan fingerprint density at radius 3 is 2.48 bits per heavy atom. The molecule has 2 unspecified atom stereocenters. The quantitative estimate of drug-likeness (QED) is 0.805. The van der Waals surface area contributed by atoms with Gasteiger partial charge >= 0.3 is 5.97 Å². The molecule has 2 heterocycles. The first kappa shape index (κ1) is 18.0. The van der Waals surface area contributed by atoms with E-state index in [9.17, 15) is 9.90 Å². The van der Waals surface area contributed by atoms with Crippen LogP contribution < -0.4 is 0 Å². The fourth-order valence-electron chi connectivity index (χ4n) is 3.18. The smallest absolute Gasteiger partial charge is 0.374 e. The average Bonchev–Trinajstić information content (AvgIpc) is 2.97. The monoisotopic (exact) mass is 324 g/mol. The van der Waals surface area contributed by atoms with E-state index in [-0.39, 0.29) is 18.7 Å². The number of carbonyl (C=O) groups is 1. The number of rotatable bonds is 6. The maximum Gasteiger partial charge on any atom is 0.374 e. The van der Waals surface area contributed by atoms with E-state index in [0.717, 1.165) is 43.9 Å². The Bertz CT molecular complexity index is 517. The molecule has 1 N–H and O–H groups in total. The molecule has 0 aromatic carbocycles. The van der Waals surface area contributed by atoms with Gasteiger partial charge in [0.15, 0.2) is 0 Å². The van der Waals surface area contributed by atoms with Gasteiger partial charge in [-0.1, -0.05) is 6.92 Å². The molecule has 6 heteroatoms. The molecule has 0 spiro atoms. The summed E-state index contributed by atoms with van der Waals surface area (Å²) in [7, 11) is 1.36. The van der Waals surface area contributed by atoms with Crippen LogP contribution in [0.15, 0.2) is 10.5 Å². The Morgan fingerprint density at radius 1 is 1.35 bits per heavy atom. The van der Waals surface area contributed by atoms with Gasteiger partial charge in [-0.15, -0.1) is 0 Å². The predicted octanol–water partition coefficient (Wildman–Crippen LogP) is 1.82. The van der Waals surface area contributed by atoms with Crippen LogP contribution in [-0.4, -0.2) is 66.8 Å². The lowest BCUT2D eigenvalue weighted by Crippen LogP contribution is -2.51. The largest absolute Gasteiger partial charge is 0.463 e. The maximum atomic E-state index is 11.7. The van der Waals surface area contributed by atoms with Crippen molar-refractivity contribution in [1.82, 2.24) is 9.80 Å². The summed E-state index contributed by atoms with van der Waals surface area (Å²) in [5, 5.41) is 9.43. The molecule has 0 aliphatic carbocycles. The molecule has 1 aliphatic heterocycles. The zero-order valence-corrected chi connectivity index (χ0v) is 14.5. The van der Waals surface area contributed by atoms with E-state index in [4.69, 9.17) is 9.15 Å². The molecule has 0 saturated carbocycles. The summed E-state index contributed by atoms with van der Waals surface area (Å²) in [5.41, 5.74) is 0.809. The van der Waals surface area contributed by atoms with Crippen molar-refractivity contribution in [3.05, 3.63) is 23.2 Å². The number of methoxy groups -OCH3 is 1. The number of aryl methyl sites for hydroxylation is 1. The summed E-state index contributed by atoms with van der Waals surface area (Å²) < 4.78 is 10.5. The number of aliphatic hydroxyl groups is 1. The SMILES string of the molecule is CCC(CO)N1CCN(C(C)c2cc(C)c(C(=O)OC)o2)CC1. The average molecular weight is 324 g/mol. The molecule has 1 aliphatic rings. The van der Waals surface area contributed by atoms with Crippen molar-refractivity contribution >= 4 is 5.97 Å². The third-order valence-corrected chi connectivity index (χ3v) is 4.81. The maximum absolute atomic E-state index is 11.7. The van der Waals surface area contributed by atoms with Gasteiger partial charge in [-0.25, -0.2) is 4.79 Å². The summed E-state index contributed by atoms with van der Waals surface area (Å²) in [6.07, 6.45) is 0.964. The second-order valence-corrected chi connectivity index (χ2v) is 6.15. The van der Waals surface area contributed by atoms with Crippen LogP contribution in [0.25, 0.3) is 0 Å². The zero-order valence-electron chi connectivity index (χ0n) is 14.5. The van der Waals surface area contributed by atoms with Crippen LogP contribution in [0.5, 0.6) is 0 Å². The summed E-state index contributed by atoms with van der Waals surface area (Å²) >= 11 is 0. The van der Waals surface area contributed by atoms with Crippen LogP contribution in [0, 0.1) is 6.92 Å². The van der Waals surface area contributed by atoms with Gasteiger partial charge in [0, 0.05) is 37.8 Å². The minimum absolute atomic E-state index is 0.114. The lowest BCUT2D eigenvalue weighted by atomic mass is 10.1. The number of piperazine rings is 1.